The van der Waals surface area contributed by atoms with Crippen LogP contribution in [0.2, 0.25) is 0 Å². The number of amides is 2. The number of hydrogen-bond acceptors (Lipinski definition) is 6. The van der Waals surface area contributed by atoms with Gasteiger partial charge in [0, 0.05) is 25.0 Å². The van der Waals surface area contributed by atoms with Crippen molar-refractivity contribution < 1.29 is 23.9 Å². The lowest BCUT2D eigenvalue weighted by atomic mass is 9.86. The molecule has 170 valence electrons. The normalized spacial score (nSPS) is 26.2. The molecule has 1 aromatic carbocycles. The van der Waals surface area contributed by atoms with Crippen molar-refractivity contribution in [3.8, 4) is 0 Å². The number of nitrogens with zero attached hydrogens (tertiary/aromatic N) is 2. The molecule has 1 saturated heterocycles. The maximum Gasteiger partial charge on any atom is 0.408 e. The molecule has 0 unspecified atom stereocenters. The Bertz CT molecular complexity index is 757. The number of rotatable bonds is 8. The van der Waals surface area contributed by atoms with Gasteiger partial charge in [-0.25, -0.2) is 4.79 Å². The number of nitrogens with one attached hydrogen (secondary N) is 1. The number of hydrogen-bond donors (Lipinski definition) is 1. The van der Waals surface area contributed by atoms with E-state index in [0.29, 0.717) is 37.9 Å². The molecule has 0 bridgehead atoms. The molecule has 0 radical (unpaired) electrons. The van der Waals surface area contributed by atoms with Crippen LogP contribution in [0.5, 0.6) is 0 Å². The second-order valence-corrected chi connectivity index (χ2v) is 8.64. The fourth-order valence-electron chi connectivity index (χ4n) is 4.53. The zero-order valence-electron chi connectivity index (χ0n) is 18.5. The molecule has 1 aliphatic heterocycles. The second-order valence-electron chi connectivity index (χ2n) is 8.64. The van der Waals surface area contributed by atoms with Gasteiger partial charge in [-0.05, 0) is 45.7 Å². The number of benzene rings is 1. The van der Waals surface area contributed by atoms with Crippen LogP contribution in [0.25, 0.3) is 0 Å². The van der Waals surface area contributed by atoms with Crippen LogP contribution < -0.4 is 5.32 Å². The van der Waals surface area contributed by atoms with Crippen molar-refractivity contribution in [2.45, 2.75) is 76.4 Å². The van der Waals surface area contributed by atoms with Crippen molar-refractivity contribution in [3.05, 3.63) is 35.9 Å². The topological polar surface area (TPSA) is 88.2 Å². The molecule has 0 spiro atoms. The number of carbonyl (C=O) groups excluding carboxylic acids is 3. The van der Waals surface area contributed by atoms with Crippen molar-refractivity contribution in [2.24, 2.45) is 0 Å². The zero-order valence-corrected chi connectivity index (χ0v) is 18.5. The Balaban J connectivity index is 1.55. The van der Waals surface area contributed by atoms with E-state index in [1.165, 1.54) is 0 Å². The number of carbonyl (C=O) groups is 3. The third-order valence-corrected chi connectivity index (χ3v) is 6.50. The third kappa shape index (κ3) is 5.76. The average Bonchev–Trinajstić information content (AvgIpc) is 3.12. The van der Waals surface area contributed by atoms with E-state index in [9.17, 15) is 14.4 Å². The monoisotopic (exact) mass is 431 g/mol. The molecule has 0 aromatic heterocycles. The highest BCUT2D eigenvalue weighted by atomic mass is 16.5. The van der Waals surface area contributed by atoms with Crippen molar-refractivity contribution in [1.29, 1.82) is 0 Å². The molecular formula is C23H33N3O5. The first-order valence-corrected chi connectivity index (χ1v) is 11.0. The first-order chi connectivity index (χ1) is 14.9. The lowest BCUT2D eigenvalue weighted by molar-refractivity contribution is -0.147. The summed E-state index contributed by atoms with van der Waals surface area (Å²) in [4.78, 5) is 40.3. The van der Waals surface area contributed by atoms with Gasteiger partial charge in [0.05, 0.1) is 6.04 Å². The summed E-state index contributed by atoms with van der Waals surface area (Å²) in [5.41, 5.74) is 0.883. The SMILES string of the molecule is CC(C)N(C)[C@@H]1CC[C@H](N2CC[C@H](NC(=O)OCc3ccccc3)C2=O)[C@H](OC=O)C1. The Morgan fingerprint density at radius 2 is 2.00 bits per heavy atom. The summed E-state index contributed by atoms with van der Waals surface area (Å²) in [6, 6.07) is 9.30. The highest BCUT2D eigenvalue weighted by Crippen LogP contribution is 2.31. The summed E-state index contributed by atoms with van der Waals surface area (Å²) in [7, 11) is 2.08. The minimum absolute atomic E-state index is 0.142. The average molecular weight is 432 g/mol. The van der Waals surface area contributed by atoms with E-state index in [0.717, 1.165) is 18.4 Å². The largest absolute Gasteiger partial charge is 0.462 e. The summed E-state index contributed by atoms with van der Waals surface area (Å²) < 4.78 is 10.7. The number of likely N-dealkylation sites (tertiary alicyclic amines) is 1. The minimum atomic E-state index is -0.615. The first kappa shape index (κ1) is 23.1. The molecule has 1 aromatic rings. The molecule has 2 aliphatic rings. The molecule has 31 heavy (non-hydrogen) atoms. The first-order valence-electron chi connectivity index (χ1n) is 11.0. The molecule has 1 N–H and O–H groups in total. The van der Waals surface area contributed by atoms with E-state index in [2.05, 4.69) is 31.1 Å². The van der Waals surface area contributed by atoms with Crippen LogP contribution in [0.1, 0.15) is 45.1 Å². The molecule has 8 heteroatoms. The van der Waals surface area contributed by atoms with E-state index in [1.54, 1.807) is 4.90 Å². The Labute approximate surface area is 183 Å². The Kier molecular flexibility index (Phi) is 7.90. The maximum atomic E-state index is 13.0. The smallest absolute Gasteiger partial charge is 0.408 e. The van der Waals surface area contributed by atoms with Crippen molar-refractivity contribution in [3.63, 3.8) is 0 Å². The van der Waals surface area contributed by atoms with Gasteiger partial charge in [0.25, 0.3) is 6.47 Å². The van der Waals surface area contributed by atoms with Gasteiger partial charge in [0.2, 0.25) is 5.91 Å². The molecule has 2 fully saturated rings. The Morgan fingerprint density at radius 1 is 1.26 bits per heavy atom. The number of alkyl carbamates (subject to hydrolysis) is 1. The van der Waals surface area contributed by atoms with Gasteiger partial charge < -0.3 is 24.6 Å². The van der Waals surface area contributed by atoms with E-state index in [1.807, 2.05) is 30.3 Å². The van der Waals surface area contributed by atoms with Gasteiger partial charge in [-0.15, -0.1) is 0 Å². The molecular weight excluding hydrogens is 398 g/mol. The van der Waals surface area contributed by atoms with E-state index in [4.69, 9.17) is 9.47 Å². The van der Waals surface area contributed by atoms with Crippen LogP contribution in [0.4, 0.5) is 4.79 Å². The summed E-state index contributed by atoms with van der Waals surface area (Å²) in [6.45, 7) is 5.43. The molecule has 1 heterocycles. The van der Waals surface area contributed by atoms with E-state index < -0.39 is 12.1 Å². The van der Waals surface area contributed by atoms with Crippen molar-refractivity contribution in [1.82, 2.24) is 15.1 Å². The number of ether oxygens (including phenoxy) is 2. The Morgan fingerprint density at radius 3 is 2.68 bits per heavy atom. The zero-order chi connectivity index (χ0) is 22.4. The fraction of sp³-hybridized carbons (Fsp3) is 0.609. The van der Waals surface area contributed by atoms with Crippen LogP contribution in [-0.4, -0.2) is 72.1 Å². The molecule has 4 atom stereocenters. The van der Waals surface area contributed by atoms with Crippen LogP contribution >= 0.6 is 0 Å². The molecule has 1 saturated carbocycles. The van der Waals surface area contributed by atoms with Gasteiger partial charge in [0.15, 0.2) is 0 Å². The summed E-state index contributed by atoms with van der Waals surface area (Å²) >= 11 is 0. The van der Waals surface area contributed by atoms with Gasteiger partial charge in [-0.3, -0.25) is 9.59 Å². The van der Waals surface area contributed by atoms with Gasteiger partial charge in [-0.1, -0.05) is 30.3 Å². The lowest BCUT2D eigenvalue weighted by Gasteiger charge is -2.43. The standard InChI is InChI=1S/C23H33N3O5/c1-16(2)25(3)18-9-10-20(21(13-18)31-15-27)26-12-11-19(22(26)28)24-23(29)30-14-17-7-5-4-6-8-17/h4-8,15-16,18-21H,9-14H2,1-3H3,(H,24,29)/t18-,19+,20+,21-/m1/s1. The predicted octanol–water partition coefficient (Wildman–Crippen LogP) is 2.32. The van der Waals surface area contributed by atoms with Crippen LogP contribution in [0, 0.1) is 0 Å². The van der Waals surface area contributed by atoms with Crippen molar-refractivity contribution in [2.75, 3.05) is 13.6 Å². The van der Waals surface area contributed by atoms with Crippen LogP contribution in [0.3, 0.4) is 0 Å². The van der Waals surface area contributed by atoms with E-state index in [-0.39, 0.29) is 24.7 Å². The summed E-state index contributed by atoms with van der Waals surface area (Å²) in [5, 5.41) is 2.69. The maximum absolute atomic E-state index is 13.0. The quantitative estimate of drug-likeness (QED) is 0.636. The third-order valence-electron chi connectivity index (χ3n) is 6.50. The summed E-state index contributed by atoms with van der Waals surface area (Å²) in [5.74, 6) is -0.142. The predicted molar refractivity (Wildman–Crippen MR) is 115 cm³/mol. The van der Waals surface area contributed by atoms with Gasteiger partial charge in [0.1, 0.15) is 18.8 Å². The Hall–Kier alpha value is -2.61. The fourth-order valence-corrected chi connectivity index (χ4v) is 4.53. The summed E-state index contributed by atoms with van der Waals surface area (Å²) in [6.07, 6.45) is 1.95. The highest BCUT2D eigenvalue weighted by Gasteiger charge is 2.44. The highest BCUT2D eigenvalue weighted by molar-refractivity contribution is 5.87. The van der Waals surface area contributed by atoms with Gasteiger partial charge >= 0.3 is 6.09 Å². The molecule has 1 aliphatic carbocycles. The van der Waals surface area contributed by atoms with Crippen LogP contribution in [0.15, 0.2) is 30.3 Å². The second kappa shape index (κ2) is 10.6. The minimum Gasteiger partial charge on any atom is -0.462 e. The lowest BCUT2D eigenvalue weighted by Crippen LogP contribution is -2.54. The van der Waals surface area contributed by atoms with Crippen molar-refractivity contribution >= 4 is 18.5 Å². The molecule has 3 rings (SSSR count). The van der Waals surface area contributed by atoms with Crippen LogP contribution in [-0.2, 0) is 25.7 Å². The van der Waals surface area contributed by atoms with E-state index >= 15 is 0 Å². The van der Waals surface area contributed by atoms with Gasteiger partial charge in [-0.2, -0.15) is 0 Å². The molecule has 8 nitrogen and oxygen atoms in total. The molecule has 2 amide bonds.